The summed E-state index contributed by atoms with van der Waals surface area (Å²) in [4.78, 5) is 18.7. The molecule has 0 fully saturated rings. The van der Waals surface area contributed by atoms with Crippen LogP contribution in [0.1, 0.15) is 17.5 Å². The van der Waals surface area contributed by atoms with Gasteiger partial charge in [-0.05, 0) is 29.7 Å². The van der Waals surface area contributed by atoms with Gasteiger partial charge in [0.05, 0.1) is 11.6 Å². The highest BCUT2D eigenvalue weighted by Gasteiger charge is 2.18. The number of aryl methyl sites for hydroxylation is 1. The number of nitrogens with one attached hydrogen (secondary N) is 1. The summed E-state index contributed by atoms with van der Waals surface area (Å²) in [7, 11) is 0. The van der Waals surface area contributed by atoms with E-state index in [1.807, 2.05) is 29.1 Å². The Bertz CT molecular complexity index is 919. The molecule has 1 aliphatic rings. The Morgan fingerprint density at radius 2 is 2.04 bits per heavy atom. The highest BCUT2D eigenvalue weighted by Crippen LogP contribution is 2.18. The molecular weight excluding hydrogens is 352 g/mol. The number of amides is 1. The van der Waals surface area contributed by atoms with Gasteiger partial charge >= 0.3 is 0 Å². The maximum absolute atomic E-state index is 12.1. The van der Waals surface area contributed by atoms with Gasteiger partial charge in [-0.15, -0.1) is 0 Å². The molecule has 2 aromatic heterocycles. The third-order valence-corrected chi connectivity index (χ3v) is 5.27. The molecule has 6 heteroatoms. The predicted molar refractivity (Wildman–Crippen MR) is 109 cm³/mol. The summed E-state index contributed by atoms with van der Waals surface area (Å²) < 4.78 is 1.98. The van der Waals surface area contributed by atoms with Crippen molar-refractivity contribution in [2.45, 2.75) is 32.0 Å². The van der Waals surface area contributed by atoms with E-state index in [0.717, 1.165) is 30.4 Å². The number of aliphatic hydroxyl groups is 1. The van der Waals surface area contributed by atoms with Gasteiger partial charge in [-0.2, -0.15) is 0 Å². The standard InChI is InChI=1S/C22H26N4O2/c27-20(15-25-10-7-17-4-1-2-5-18(17)13-25)12-24-22(28)8-11-26-14-19-6-3-9-23-21(19)16-26/h1-6,9,14,16,20,27H,7-8,10-13,15H2,(H,24,28)/t20-/m0/s1. The van der Waals surface area contributed by atoms with Crippen LogP contribution in [0.2, 0.25) is 0 Å². The summed E-state index contributed by atoms with van der Waals surface area (Å²) in [6.07, 6.45) is 6.54. The van der Waals surface area contributed by atoms with E-state index in [-0.39, 0.29) is 12.5 Å². The Labute approximate surface area is 164 Å². The van der Waals surface area contributed by atoms with Crippen molar-refractivity contribution in [1.29, 1.82) is 0 Å². The lowest BCUT2D eigenvalue weighted by molar-refractivity contribution is -0.121. The van der Waals surface area contributed by atoms with Crippen LogP contribution >= 0.6 is 0 Å². The van der Waals surface area contributed by atoms with Crippen molar-refractivity contribution in [3.05, 3.63) is 66.1 Å². The minimum Gasteiger partial charge on any atom is -0.390 e. The molecule has 2 N–H and O–H groups in total. The smallest absolute Gasteiger partial charge is 0.221 e. The molecule has 4 rings (SSSR count). The van der Waals surface area contributed by atoms with Gasteiger partial charge in [0.25, 0.3) is 0 Å². The molecule has 1 atom stereocenters. The maximum atomic E-state index is 12.1. The van der Waals surface area contributed by atoms with Crippen LogP contribution in [-0.2, 0) is 24.3 Å². The molecule has 0 saturated carbocycles. The first-order valence-electron chi connectivity index (χ1n) is 9.82. The number of hydrogen-bond donors (Lipinski definition) is 2. The van der Waals surface area contributed by atoms with Crippen LogP contribution in [0.4, 0.5) is 0 Å². The Balaban J connectivity index is 1.19. The number of fused-ring (bicyclic) bond motifs is 2. The van der Waals surface area contributed by atoms with E-state index >= 15 is 0 Å². The second kappa shape index (κ2) is 8.54. The highest BCUT2D eigenvalue weighted by molar-refractivity contribution is 5.78. The predicted octanol–water partition coefficient (Wildman–Crippen LogP) is 1.96. The van der Waals surface area contributed by atoms with Gasteiger partial charge in [-0.1, -0.05) is 24.3 Å². The van der Waals surface area contributed by atoms with Crippen LogP contribution in [0.3, 0.4) is 0 Å². The minimum absolute atomic E-state index is 0.0474. The third kappa shape index (κ3) is 4.58. The van der Waals surface area contributed by atoms with Crippen molar-refractivity contribution in [3.63, 3.8) is 0 Å². The van der Waals surface area contributed by atoms with Gasteiger partial charge in [-0.25, -0.2) is 0 Å². The molecule has 1 aromatic carbocycles. The zero-order valence-corrected chi connectivity index (χ0v) is 15.9. The third-order valence-electron chi connectivity index (χ3n) is 5.27. The van der Waals surface area contributed by atoms with E-state index in [2.05, 4.69) is 39.5 Å². The van der Waals surface area contributed by atoms with Crippen molar-refractivity contribution in [1.82, 2.24) is 19.8 Å². The average molecular weight is 378 g/mol. The number of nitrogens with zero attached hydrogens (tertiary/aromatic N) is 3. The van der Waals surface area contributed by atoms with Gasteiger partial charge in [0.15, 0.2) is 0 Å². The number of hydrogen-bond acceptors (Lipinski definition) is 4. The van der Waals surface area contributed by atoms with E-state index in [9.17, 15) is 9.90 Å². The molecule has 28 heavy (non-hydrogen) atoms. The average Bonchev–Trinajstić information content (AvgIpc) is 3.14. The summed E-state index contributed by atoms with van der Waals surface area (Å²) in [5.41, 5.74) is 3.66. The first-order valence-corrected chi connectivity index (χ1v) is 9.82. The van der Waals surface area contributed by atoms with Gasteiger partial charge in [0, 0.05) is 63.1 Å². The number of carbonyl (C=O) groups is 1. The normalized spacial score (nSPS) is 15.3. The Hall–Kier alpha value is -2.70. The van der Waals surface area contributed by atoms with Crippen LogP contribution < -0.4 is 5.32 Å². The lowest BCUT2D eigenvalue weighted by atomic mass is 10.00. The van der Waals surface area contributed by atoms with E-state index in [1.165, 1.54) is 11.1 Å². The zero-order chi connectivity index (χ0) is 19.3. The van der Waals surface area contributed by atoms with E-state index in [0.29, 0.717) is 19.5 Å². The molecule has 3 aromatic rings. The highest BCUT2D eigenvalue weighted by atomic mass is 16.3. The maximum Gasteiger partial charge on any atom is 0.221 e. The van der Waals surface area contributed by atoms with Crippen LogP contribution in [0.15, 0.2) is 55.0 Å². The molecule has 0 radical (unpaired) electrons. The SMILES string of the molecule is O=C(CCn1cc2cccnc2c1)NC[C@H](O)CN1CCc2ccccc2C1. The number of aromatic nitrogens is 2. The lowest BCUT2D eigenvalue weighted by Crippen LogP contribution is -2.42. The summed E-state index contributed by atoms with van der Waals surface area (Å²) in [5, 5.41) is 14.2. The van der Waals surface area contributed by atoms with Crippen molar-refractivity contribution < 1.29 is 9.90 Å². The second-order valence-corrected chi connectivity index (χ2v) is 7.44. The molecular formula is C22H26N4O2. The fourth-order valence-electron chi connectivity index (χ4n) is 3.77. The number of aliphatic hydroxyl groups excluding tert-OH is 1. The van der Waals surface area contributed by atoms with Gasteiger partial charge < -0.3 is 15.0 Å². The van der Waals surface area contributed by atoms with Gasteiger partial charge in [0.2, 0.25) is 5.91 Å². The van der Waals surface area contributed by atoms with Crippen molar-refractivity contribution in [2.24, 2.45) is 0 Å². The van der Waals surface area contributed by atoms with Crippen molar-refractivity contribution in [2.75, 3.05) is 19.6 Å². The Morgan fingerprint density at radius 3 is 2.89 bits per heavy atom. The summed E-state index contributed by atoms with van der Waals surface area (Å²) in [6.45, 7) is 3.25. The molecule has 1 aliphatic heterocycles. The monoisotopic (exact) mass is 378 g/mol. The molecule has 0 bridgehead atoms. The minimum atomic E-state index is -0.562. The number of rotatable bonds is 7. The summed E-state index contributed by atoms with van der Waals surface area (Å²) >= 11 is 0. The second-order valence-electron chi connectivity index (χ2n) is 7.44. The van der Waals surface area contributed by atoms with E-state index in [1.54, 1.807) is 6.20 Å². The van der Waals surface area contributed by atoms with Crippen LogP contribution in [0.25, 0.3) is 10.9 Å². The molecule has 0 unspecified atom stereocenters. The fraction of sp³-hybridized carbons (Fsp3) is 0.364. The first kappa shape index (κ1) is 18.7. The zero-order valence-electron chi connectivity index (χ0n) is 15.9. The molecule has 1 amide bonds. The first-order chi connectivity index (χ1) is 13.7. The molecule has 0 aliphatic carbocycles. The lowest BCUT2D eigenvalue weighted by Gasteiger charge is -2.30. The molecule has 3 heterocycles. The molecule has 146 valence electrons. The van der Waals surface area contributed by atoms with E-state index < -0.39 is 6.10 Å². The van der Waals surface area contributed by atoms with Gasteiger partial charge in [0.1, 0.15) is 0 Å². The molecule has 6 nitrogen and oxygen atoms in total. The van der Waals surface area contributed by atoms with E-state index in [4.69, 9.17) is 0 Å². The fourth-order valence-corrected chi connectivity index (χ4v) is 3.77. The van der Waals surface area contributed by atoms with Crippen LogP contribution in [-0.4, -0.2) is 51.2 Å². The van der Waals surface area contributed by atoms with Crippen LogP contribution in [0.5, 0.6) is 0 Å². The van der Waals surface area contributed by atoms with Crippen molar-refractivity contribution in [3.8, 4) is 0 Å². The van der Waals surface area contributed by atoms with Crippen LogP contribution in [0, 0.1) is 0 Å². The Kier molecular flexibility index (Phi) is 5.69. The molecule has 0 spiro atoms. The number of pyridine rings is 1. The topological polar surface area (TPSA) is 70.4 Å². The number of benzene rings is 1. The Morgan fingerprint density at radius 1 is 1.18 bits per heavy atom. The van der Waals surface area contributed by atoms with Gasteiger partial charge in [-0.3, -0.25) is 14.7 Å². The number of β-amino-alcohol motifs (C(OH)–C–C–N with tert-alkyl or cyclic N) is 1. The molecule has 0 saturated heterocycles. The summed E-state index contributed by atoms with van der Waals surface area (Å²) in [6, 6.07) is 12.4. The van der Waals surface area contributed by atoms with Crippen molar-refractivity contribution >= 4 is 16.8 Å². The number of carbonyl (C=O) groups excluding carboxylic acids is 1. The largest absolute Gasteiger partial charge is 0.390 e. The summed E-state index contributed by atoms with van der Waals surface area (Å²) in [5.74, 6) is -0.0474. The quantitative estimate of drug-likeness (QED) is 0.659.